The Hall–Kier alpha value is -1.18. The van der Waals surface area contributed by atoms with Gasteiger partial charge in [-0.25, -0.2) is 0 Å². The highest BCUT2D eigenvalue weighted by atomic mass is 16.3. The van der Waals surface area contributed by atoms with Crippen molar-refractivity contribution >= 4 is 0 Å². The van der Waals surface area contributed by atoms with E-state index in [9.17, 15) is 5.11 Å². The third-order valence-corrected chi connectivity index (χ3v) is 2.65. The standard InChI is InChI=1S/C13H21NO/c1-2-3-9-13(15)10-11-14-12-7-5-4-6-8-12/h2-3,9-12,14-15H,4-8H2,1H3/b3-2-,11-10+,13-9+. The van der Waals surface area contributed by atoms with E-state index < -0.39 is 0 Å². The first-order valence-corrected chi connectivity index (χ1v) is 5.77. The number of hydrogen-bond donors (Lipinski definition) is 2. The second kappa shape index (κ2) is 7.16. The van der Waals surface area contributed by atoms with Gasteiger partial charge in [0.25, 0.3) is 0 Å². The Morgan fingerprint density at radius 1 is 1.27 bits per heavy atom. The Balaban J connectivity index is 2.25. The van der Waals surface area contributed by atoms with Crippen LogP contribution in [0, 0.1) is 0 Å². The zero-order valence-electron chi connectivity index (χ0n) is 9.45. The fraction of sp³-hybridized carbons (Fsp3) is 0.538. The molecule has 2 N–H and O–H groups in total. The lowest BCUT2D eigenvalue weighted by molar-refractivity contribution is 0.402. The first-order chi connectivity index (χ1) is 7.33. The lowest BCUT2D eigenvalue weighted by Gasteiger charge is -2.21. The molecule has 0 spiro atoms. The van der Waals surface area contributed by atoms with Gasteiger partial charge in [-0.15, -0.1) is 0 Å². The van der Waals surface area contributed by atoms with Gasteiger partial charge in [0.05, 0.1) is 0 Å². The van der Waals surface area contributed by atoms with E-state index in [1.807, 2.05) is 25.3 Å². The summed E-state index contributed by atoms with van der Waals surface area (Å²) in [7, 11) is 0. The normalized spacial score (nSPS) is 20.2. The van der Waals surface area contributed by atoms with E-state index in [1.165, 1.54) is 32.1 Å². The molecule has 0 aromatic rings. The van der Waals surface area contributed by atoms with Crippen LogP contribution in [-0.4, -0.2) is 11.1 Å². The van der Waals surface area contributed by atoms with Crippen LogP contribution in [-0.2, 0) is 0 Å². The second-order valence-corrected chi connectivity index (χ2v) is 3.95. The van der Waals surface area contributed by atoms with Crippen molar-refractivity contribution in [2.24, 2.45) is 0 Å². The summed E-state index contributed by atoms with van der Waals surface area (Å²) in [6, 6.07) is 0.601. The van der Waals surface area contributed by atoms with Crippen LogP contribution in [0.15, 0.2) is 36.3 Å². The van der Waals surface area contributed by atoms with Gasteiger partial charge in [-0.2, -0.15) is 0 Å². The maximum absolute atomic E-state index is 9.39. The largest absolute Gasteiger partial charge is 0.508 e. The van der Waals surface area contributed by atoms with E-state index in [0.29, 0.717) is 6.04 Å². The van der Waals surface area contributed by atoms with Gasteiger partial charge < -0.3 is 10.4 Å². The van der Waals surface area contributed by atoms with Crippen molar-refractivity contribution in [3.05, 3.63) is 36.3 Å². The third-order valence-electron chi connectivity index (χ3n) is 2.65. The highest BCUT2D eigenvalue weighted by Gasteiger charge is 2.10. The molecule has 1 aliphatic carbocycles. The minimum absolute atomic E-state index is 0.288. The zero-order chi connectivity index (χ0) is 10.9. The van der Waals surface area contributed by atoms with Crippen LogP contribution in [0.4, 0.5) is 0 Å². The Morgan fingerprint density at radius 2 is 2.00 bits per heavy atom. The number of aliphatic hydroxyl groups excluding tert-OH is 1. The first kappa shape index (κ1) is 11.9. The zero-order valence-corrected chi connectivity index (χ0v) is 9.45. The molecule has 84 valence electrons. The molecule has 0 unspecified atom stereocenters. The van der Waals surface area contributed by atoms with Gasteiger partial charge in [0.2, 0.25) is 0 Å². The van der Waals surface area contributed by atoms with E-state index in [1.54, 1.807) is 12.2 Å². The Bertz CT molecular complexity index is 247. The van der Waals surface area contributed by atoms with Crippen LogP contribution in [0.2, 0.25) is 0 Å². The molecule has 0 bridgehead atoms. The van der Waals surface area contributed by atoms with Crippen molar-refractivity contribution in [2.45, 2.75) is 45.1 Å². The lowest BCUT2D eigenvalue weighted by Crippen LogP contribution is -2.26. The molecular formula is C13H21NO. The van der Waals surface area contributed by atoms with E-state index in [-0.39, 0.29) is 5.76 Å². The van der Waals surface area contributed by atoms with Crippen LogP contribution in [0.5, 0.6) is 0 Å². The average Bonchev–Trinajstić information content (AvgIpc) is 2.28. The Kier molecular flexibility index (Phi) is 5.67. The fourth-order valence-corrected chi connectivity index (χ4v) is 1.79. The SMILES string of the molecule is C\C=C/C=C(O)\C=C\NC1CCCCC1. The Morgan fingerprint density at radius 3 is 2.67 bits per heavy atom. The topological polar surface area (TPSA) is 32.3 Å². The smallest absolute Gasteiger partial charge is 0.117 e. The summed E-state index contributed by atoms with van der Waals surface area (Å²) >= 11 is 0. The quantitative estimate of drug-likeness (QED) is 0.546. The van der Waals surface area contributed by atoms with Gasteiger partial charge in [0.1, 0.15) is 5.76 Å². The van der Waals surface area contributed by atoms with Crippen LogP contribution in [0.1, 0.15) is 39.0 Å². The number of rotatable bonds is 4. The first-order valence-electron chi connectivity index (χ1n) is 5.77. The molecule has 0 saturated heterocycles. The maximum Gasteiger partial charge on any atom is 0.117 e. The fourth-order valence-electron chi connectivity index (χ4n) is 1.79. The van der Waals surface area contributed by atoms with Crippen LogP contribution < -0.4 is 5.32 Å². The summed E-state index contributed by atoms with van der Waals surface area (Å²) in [5, 5.41) is 12.7. The van der Waals surface area contributed by atoms with Crippen molar-refractivity contribution < 1.29 is 5.11 Å². The van der Waals surface area contributed by atoms with E-state index in [2.05, 4.69) is 5.32 Å². The van der Waals surface area contributed by atoms with Crippen LogP contribution in [0.3, 0.4) is 0 Å². The number of aliphatic hydroxyl groups is 1. The second-order valence-electron chi connectivity index (χ2n) is 3.95. The molecule has 2 heteroatoms. The van der Waals surface area contributed by atoms with Crippen molar-refractivity contribution in [3.63, 3.8) is 0 Å². The summed E-state index contributed by atoms with van der Waals surface area (Å²) in [6.07, 6.45) is 15.5. The summed E-state index contributed by atoms with van der Waals surface area (Å²) in [4.78, 5) is 0. The average molecular weight is 207 g/mol. The molecule has 0 aromatic heterocycles. The minimum Gasteiger partial charge on any atom is -0.508 e. The van der Waals surface area contributed by atoms with E-state index >= 15 is 0 Å². The molecular weight excluding hydrogens is 186 g/mol. The lowest BCUT2D eigenvalue weighted by atomic mass is 9.96. The molecule has 0 aromatic carbocycles. The third kappa shape index (κ3) is 5.31. The van der Waals surface area contributed by atoms with Gasteiger partial charge in [-0.05, 0) is 31.9 Å². The van der Waals surface area contributed by atoms with Crippen molar-refractivity contribution in [1.82, 2.24) is 5.32 Å². The number of allylic oxidation sites excluding steroid dienone is 4. The molecule has 0 aliphatic heterocycles. The molecule has 1 aliphatic rings. The molecule has 1 fully saturated rings. The van der Waals surface area contributed by atoms with E-state index in [0.717, 1.165) is 0 Å². The highest BCUT2D eigenvalue weighted by Crippen LogP contribution is 2.17. The molecule has 0 atom stereocenters. The molecule has 1 rings (SSSR count). The monoisotopic (exact) mass is 207 g/mol. The van der Waals surface area contributed by atoms with Gasteiger partial charge in [0, 0.05) is 12.2 Å². The van der Waals surface area contributed by atoms with Gasteiger partial charge in [-0.3, -0.25) is 0 Å². The summed E-state index contributed by atoms with van der Waals surface area (Å²) < 4.78 is 0. The van der Waals surface area contributed by atoms with Crippen molar-refractivity contribution in [3.8, 4) is 0 Å². The summed E-state index contributed by atoms with van der Waals surface area (Å²) in [6.45, 7) is 1.92. The molecule has 1 saturated carbocycles. The molecule has 0 radical (unpaired) electrons. The van der Waals surface area contributed by atoms with Gasteiger partial charge in [-0.1, -0.05) is 31.4 Å². The minimum atomic E-state index is 0.288. The molecule has 0 heterocycles. The van der Waals surface area contributed by atoms with Gasteiger partial charge in [0.15, 0.2) is 0 Å². The summed E-state index contributed by atoms with van der Waals surface area (Å²) in [5.41, 5.74) is 0. The highest BCUT2D eigenvalue weighted by molar-refractivity contribution is 5.16. The summed E-state index contributed by atoms with van der Waals surface area (Å²) in [5.74, 6) is 0.288. The van der Waals surface area contributed by atoms with Gasteiger partial charge >= 0.3 is 0 Å². The Labute approximate surface area is 92.4 Å². The van der Waals surface area contributed by atoms with Crippen molar-refractivity contribution in [1.29, 1.82) is 0 Å². The predicted molar refractivity (Wildman–Crippen MR) is 64.7 cm³/mol. The molecule has 0 amide bonds. The van der Waals surface area contributed by atoms with Crippen molar-refractivity contribution in [2.75, 3.05) is 0 Å². The van der Waals surface area contributed by atoms with Crippen LogP contribution in [0.25, 0.3) is 0 Å². The van der Waals surface area contributed by atoms with E-state index in [4.69, 9.17) is 0 Å². The van der Waals surface area contributed by atoms with Crippen LogP contribution >= 0.6 is 0 Å². The number of hydrogen-bond acceptors (Lipinski definition) is 2. The number of nitrogens with one attached hydrogen (secondary N) is 1. The molecule has 15 heavy (non-hydrogen) atoms. The molecule has 2 nitrogen and oxygen atoms in total. The predicted octanol–water partition coefficient (Wildman–Crippen LogP) is 3.44. The maximum atomic E-state index is 9.39.